The summed E-state index contributed by atoms with van der Waals surface area (Å²) in [6, 6.07) is 5.77. The van der Waals surface area contributed by atoms with Gasteiger partial charge in [0.1, 0.15) is 0 Å². The summed E-state index contributed by atoms with van der Waals surface area (Å²) >= 11 is 0. The number of carbonyl (C=O) groups is 3. The first-order valence-electron chi connectivity index (χ1n) is 7.12. The van der Waals surface area contributed by atoms with E-state index in [9.17, 15) is 14.4 Å². The average molecular weight is 329 g/mol. The summed E-state index contributed by atoms with van der Waals surface area (Å²) in [6.45, 7) is 1.68. The first-order valence-corrected chi connectivity index (χ1v) is 7.12. The first-order chi connectivity index (χ1) is 11.5. The molecule has 1 aromatic heterocycles. The van der Waals surface area contributed by atoms with Gasteiger partial charge >= 0.3 is 11.9 Å². The molecule has 0 saturated heterocycles. The molecule has 1 amide bonds. The standard InChI is InChI=1S/C16H15N3O5/c1-2-13(24-16(23)12-9-17-6-7-18-12)14(20)19-11-5-3-4-10(8-11)15(21)22/h3-9,13H,2H2,1H3,(H,19,20)(H,21,22). The van der Waals surface area contributed by atoms with E-state index in [1.165, 1.54) is 36.8 Å². The maximum atomic E-state index is 12.2. The minimum Gasteiger partial charge on any atom is -0.478 e. The highest BCUT2D eigenvalue weighted by atomic mass is 16.5. The summed E-state index contributed by atoms with van der Waals surface area (Å²) in [5.74, 6) is -2.42. The third kappa shape index (κ3) is 4.35. The van der Waals surface area contributed by atoms with Crippen LogP contribution in [-0.4, -0.2) is 39.0 Å². The van der Waals surface area contributed by atoms with Crippen molar-refractivity contribution in [2.24, 2.45) is 0 Å². The molecule has 1 unspecified atom stereocenters. The maximum Gasteiger partial charge on any atom is 0.359 e. The lowest BCUT2D eigenvalue weighted by atomic mass is 10.2. The van der Waals surface area contributed by atoms with E-state index in [0.717, 1.165) is 0 Å². The number of carboxylic acid groups (broad SMARTS) is 1. The fourth-order valence-corrected chi connectivity index (χ4v) is 1.87. The number of carbonyl (C=O) groups excluding carboxylic acids is 2. The van der Waals surface area contributed by atoms with Crippen molar-refractivity contribution in [2.75, 3.05) is 5.32 Å². The molecule has 2 N–H and O–H groups in total. The van der Waals surface area contributed by atoms with Gasteiger partial charge in [-0.25, -0.2) is 14.6 Å². The fraction of sp³-hybridized carbons (Fsp3) is 0.188. The van der Waals surface area contributed by atoms with Gasteiger partial charge in [-0.3, -0.25) is 9.78 Å². The molecule has 2 aromatic rings. The van der Waals surface area contributed by atoms with E-state index in [0.29, 0.717) is 5.69 Å². The van der Waals surface area contributed by atoms with Crippen molar-refractivity contribution in [2.45, 2.75) is 19.4 Å². The molecule has 1 atom stereocenters. The van der Waals surface area contributed by atoms with Crippen LogP contribution in [0.25, 0.3) is 0 Å². The van der Waals surface area contributed by atoms with Gasteiger partial charge in [0.2, 0.25) is 0 Å². The van der Waals surface area contributed by atoms with Gasteiger partial charge in [0.15, 0.2) is 11.8 Å². The molecule has 1 heterocycles. The molecule has 0 spiro atoms. The van der Waals surface area contributed by atoms with Crippen LogP contribution in [0.5, 0.6) is 0 Å². The summed E-state index contributed by atoms with van der Waals surface area (Å²) in [6.07, 6.45) is 3.21. The number of rotatable bonds is 6. The van der Waals surface area contributed by atoms with Gasteiger partial charge in [-0.2, -0.15) is 0 Å². The number of nitrogens with zero attached hydrogens (tertiary/aromatic N) is 2. The highest BCUT2D eigenvalue weighted by molar-refractivity contribution is 5.98. The summed E-state index contributed by atoms with van der Waals surface area (Å²) in [7, 11) is 0. The van der Waals surface area contributed by atoms with Crippen molar-refractivity contribution >= 4 is 23.5 Å². The Morgan fingerprint density at radius 1 is 1.29 bits per heavy atom. The molecule has 0 aliphatic rings. The topological polar surface area (TPSA) is 118 Å². The van der Waals surface area contributed by atoms with E-state index in [2.05, 4.69) is 15.3 Å². The Kier molecular flexibility index (Phi) is 5.56. The van der Waals surface area contributed by atoms with Gasteiger partial charge in [0, 0.05) is 18.1 Å². The predicted molar refractivity (Wildman–Crippen MR) is 83.6 cm³/mol. The molecule has 0 aliphatic heterocycles. The molecule has 124 valence electrons. The van der Waals surface area contributed by atoms with Crippen LogP contribution < -0.4 is 5.32 Å². The Morgan fingerprint density at radius 3 is 2.71 bits per heavy atom. The third-order valence-electron chi connectivity index (χ3n) is 3.06. The SMILES string of the molecule is CCC(OC(=O)c1cnccn1)C(=O)Nc1cccc(C(=O)O)c1. The Hall–Kier alpha value is -3.29. The van der Waals surface area contributed by atoms with E-state index in [1.54, 1.807) is 13.0 Å². The molecule has 0 fully saturated rings. The summed E-state index contributed by atoms with van der Waals surface area (Å²) in [5, 5.41) is 11.5. The summed E-state index contributed by atoms with van der Waals surface area (Å²) in [4.78, 5) is 42.7. The number of hydrogen-bond donors (Lipinski definition) is 2. The second kappa shape index (κ2) is 7.82. The first kappa shape index (κ1) is 17.1. The van der Waals surface area contributed by atoms with Crippen LogP contribution in [0, 0.1) is 0 Å². The molecule has 8 nitrogen and oxygen atoms in total. The van der Waals surface area contributed by atoms with E-state index < -0.39 is 23.9 Å². The van der Waals surface area contributed by atoms with Gasteiger partial charge in [-0.05, 0) is 24.6 Å². The van der Waals surface area contributed by atoms with Gasteiger partial charge in [-0.15, -0.1) is 0 Å². The zero-order valence-electron chi connectivity index (χ0n) is 12.8. The number of benzene rings is 1. The fourth-order valence-electron chi connectivity index (χ4n) is 1.87. The van der Waals surface area contributed by atoms with Crippen LogP contribution in [0.2, 0.25) is 0 Å². The van der Waals surface area contributed by atoms with Crippen molar-refractivity contribution in [1.29, 1.82) is 0 Å². The lowest BCUT2D eigenvalue weighted by Gasteiger charge is -2.15. The Labute approximate surface area is 137 Å². The van der Waals surface area contributed by atoms with Crippen molar-refractivity contribution in [3.63, 3.8) is 0 Å². The van der Waals surface area contributed by atoms with Crippen LogP contribution in [-0.2, 0) is 9.53 Å². The number of ether oxygens (including phenoxy) is 1. The molecule has 0 radical (unpaired) electrons. The number of aromatic nitrogens is 2. The Bertz CT molecular complexity index is 748. The lowest BCUT2D eigenvalue weighted by molar-refractivity contribution is -0.124. The third-order valence-corrected chi connectivity index (χ3v) is 3.06. The average Bonchev–Trinajstić information content (AvgIpc) is 2.60. The van der Waals surface area contributed by atoms with Crippen LogP contribution in [0.15, 0.2) is 42.9 Å². The van der Waals surface area contributed by atoms with Gasteiger partial charge in [-0.1, -0.05) is 13.0 Å². The number of amides is 1. The van der Waals surface area contributed by atoms with Gasteiger partial charge in [0.05, 0.1) is 11.8 Å². The molecule has 8 heteroatoms. The normalized spacial score (nSPS) is 11.4. The zero-order chi connectivity index (χ0) is 17.5. The number of esters is 1. The minimum absolute atomic E-state index is 0.00313. The van der Waals surface area contributed by atoms with Crippen molar-refractivity contribution in [3.05, 3.63) is 54.1 Å². The minimum atomic E-state index is -1.10. The lowest BCUT2D eigenvalue weighted by Crippen LogP contribution is -2.32. The van der Waals surface area contributed by atoms with E-state index in [-0.39, 0.29) is 17.7 Å². The van der Waals surface area contributed by atoms with E-state index in [4.69, 9.17) is 9.84 Å². The summed E-state index contributed by atoms with van der Waals surface area (Å²) < 4.78 is 5.13. The number of aromatic carboxylic acids is 1. The monoisotopic (exact) mass is 329 g/mol. The number of nitrogens with one attached hydrogen (secondary N) is 1. The Balaban J connectivity index is 2.05. The number of carboxylic acids is 1. The smallest absolute Gasteiger partial charge is 0.359 e. The maximum absolute atomic E-state index is 12.2. The van der Waals surface area contributed by atoms with E-state index in [1.807, 2.05) is 0 Å². The molecule has 0 saturated carbocycles. The number of hydrogen-bond acceptors (Lipinski definition) is 6. The van der Waals surface area contributed by atoms with Gasteiger partial charge < -0.3 is 15.2 Å². The van der Waals surface area contributed by atoms with Crippen LogP contribution in [0.3, 0.4) is 0 Å². The van der Waals surface area contributed by atoms with Gasteiger partial charge in [0.25, 0.3) is 5.91 Å². The second-order valence-corrected chi connectivity index (χ2v) is 4.77. The summed E-state index contributed by atoms with van der Waals surface area (Å²) in [5.41, 5.74) is 0.336. The number of anilines is 1. The molecule has 2 rings (SSSR count). The van der Waals surface area contributed by atoms with Crippen LogP contribution >= 0.6 is 0 Å². The highest BCUT2D eigenvalue weighted by Gasteiger charge is 2.23. The van der Waals surface area contributed by atoms with Crippen molar-refractivity contribution in [1.82, 2.24) is 9.97 Å². The quantitative estimate of drug-likeness (QED) is 0.775. The van der Waals surface area contributed by atoms with Crippen LogP contribution in [0.1, 0.15) is 34.2 Å². The Morgan fingerprint density at radius 2 is 2.08 bits per heavy atom. The molecule has 24 heavy (non-hydrogen) atoms. The largest absolute Gasteiger partial charge is 0.478 e. The second-order valence-electron chi connectivity index (χ2n) is 4.77. The zero-order valence-corrected chi connectivity index (χ0v) is 12.8. The van der Waals surface area contributed by atoms with E-state index >= 15 is 0 Å². The van der Waals surface area contributed by atoms with Crippen molar-refractivity contribution < 1.29 is 24.2 Å². The highest BCUT2D eigenvalue weighted by Crippen LogP contribution is 2.13. The molecular weight excluding hydrogens is 314 g/mol. The van der Waals surface area contributed by atoms with Crippen molar-refractivity contribution in [3.8, 4) is 0 Å². The predicted octanol–water partition coefficient (Wildman–Crippen LogP) is 1.75. The molecule has 0 bridgehead atoms. The molecular formula is C16H15N3O5. The van der Waals surface area contributed by atoms with Crippen LogP contribution in [0.4, 0.5) is 5.69 Å². The molecule has 0 aliphatic carbocycles. The molecule has 1 aromatic carbocycles.